The van der Waals surface area contributed by atoms with E-state index in [-0.39, 0.29) is 23.6 Å². The summed E-state index contributed by atoms with van der Waals surface area (Å²) < 4.78 is 29.1. The van der Waals surface area contributed by atoms with Gasteiger partial charge in [0.05, 0.1) is 29.3 Å². The lowest BCUT2D eigenvalue weighted by atomic mass is 9.91. The van der Waals surface area contributed by atoms with Gasteiger partial charge in [-0.15, -0.1) is 0 Å². The number of nitrogens with zero attached hydrogens (tertiary/aromatic N) is 1. The fraction of sp³-hybridized carbons (Fsp3) is 0.179. The van der Waals surface area contributed by atoms with Gasteiger partial charge in [-0.2, -0.15) is 0 Å². The van der Waals surface area contributed by atoms with E-state index in [1.54, 1.807) is 24.4 Å². The number of rotatable bonds is 8. The SMILES string of the molecule is Cc1ccc(C2NNC(NCc3ccccc3)c3ccccc32)cc1S(=O)(=O)NCc1ccccn1. The number of hydrogen-bond donors (Lipinski definition) is 4. The molecule has 2 atom stereocenters. The Morgan fingerprint density at radius 2 is 1.58 bits per heavy atom. The molecule has 0 saturated heterocycles. The van der Waals surface area contributed by atoms with E-state index in [1.807, 2.05) is 55.5 Å². The minimum Gasteiger partial charge on any atom is -0.293 e. The van der Waals surface area contributed by atoms with Crippen LogP contribution in [0.1, 0.15) is 45.7 Å². The third kappa shape index (κ3) is 5.38. The zero-order valence-electron chi connectivity index (χ0n) is 20.0. The molecular weight excluding hydrogens is 470 g/mol. The fourth-order valence-corrected chi connectivity index (χ4v) is 5.71. The number of fused-ring (bicyclic) bond motifs is 1. The maximum atomic E-state index is 13.2. The summed E-state index contributed by atoms with van der Waals surface area (Å²) in [4.78, 5) is 4.47. The first-order valence-electron chi connectivity index (χ1n) is 11.9. The predicted octanol–water partition coefficient (Wildman–Crippen LogP) is 3.85. The summed E-state index contributed by atoms with van der Waals surface area (Å²) in [5.41, 5.74) is 12.4. The summed E-state index contributed by atoms with van der Waals surface area (Å²) in [6.45, 7) is 2.66. The van der Waals surface area contributed by atoms with Crippen LogP contribution in [0.4, 0.5) is 0 Å². The first kappa shape index (κ1) is 24.3. The molecule has 2 unspecified atom stereocenters. The standard InChI is InChI=1S/C28H29N5O2S/c1-20-14-15-22(17-26(20)36(34,35)31-19-23-11-7-8-16-29-23)27-24-12-5-6-13-25(24)28(33-32-27)30-18-21-9-3-2-4-10-21/h2-17,27-28,30-33H,18-19H2,1H3. The maximum absolute atomic E-state index is 13.2. The van der Waals surface area contributed by atoms with Crippen molar-refractivity contribution >= 4 is 10.0 Å². The summed E-state index contributed by atoms with van der Waals surface area (Å²) in [6.07, 6.45) is 1.56. The second-order valence-corrected chi connectivity index (χ2v) is 10.6. The predicted molar refractivity (Wildman–Crippen MR) is 140 cm³/mol. The zero-order valence-corrected chi connectivity index (χ0v) is 20.8. The van der Waals surface area contributed by atoms with Gasteiger partial charge in [-0.1, -0.05) is 72.8 Å². The molecule has 0 amide bonds. The third-order valence-electron chi connectivity index (χ3n) is 6.35. The van der Waals surface area contributed by atoms with Gasteiger partial charge in [-0.05, 0) is 52.9 Å². The lowest BCUT2D eigenvalue weighted by Crippen LogP contribution is -2.49. The highest BCUT2D eigenvalue weighted by molar-refractivity contribution is 7.89. The van der Waals surface area contributed by atoms with Crippen molar-refractivity contribution in [1.82, 2.24) is 25.9 Å². The highest BCUT2D eigenvalue weighted by Crippen LogP contribution is 2.32. The topological polar surface area (TPSA) is 95.1 Å². The molecule has 3 aromatic carbocycles. The Morgan fingerprint density at radius 1 is 0.833 bits per heavy atom. The summed E-state index contributed by atoms with van der Waals surface area (Å²) in [7, 11) is -3.73. The smallest absolute Gasteiger partial charge is 0.241 e. The molecule has 0 aliphatic carbocycles. The highest BCUT2D eigenvalue weighted by Gasteiger charge is 2.28. The number of hydrogen-bond acceptors (Lipinski definition) is 6. The Labute approximate surface area is 212 Å². The molecule has 4 N–H and O–H groups in total. The van der Waals surface area contributed by atoms with Crippen LogP contribution in [0.5, 0.6) is 0 Å². The molecule has 7 nitrogen and oxygen atoms in total. The molecule has 0 saturated carbocycles. The molecule has 2 heterocycles. The first-order valence-corrected chi connectivity index (χ1v) is 13.4. The largest absolute Gasteiger partial charge is 0.293 e. The van der Waals surface area contributed by atoms with E-state index < -0.39 is 10.0 Å². The van der Waals surface area contributed by atoms with E-state index in [4.69, 9.17) is 0 Å². The molecule has 36 heavy (non-hydrogen) atoms. The molecule has 8 heteroatoms. The number of pyridine rings is 1. The average molecular weight is 500 g/mol. The summed E-state index contributed by atoms with van der Waals surface area (Å²) in [5.74, 6) is 0. The van der Waals surface area contributed by atoms with E-state index in [2.05, 4.69) is 50.1 Å². The Hall–Kier alpha value is -3.40. The Bertz CT molecular complexity index is 1430. The van der Waals surface area contributed by atoms with Crippen LogP contribution in [0.15, 0.2) is 102 Å². The third-order valence-corrected chi connectivity index (χ3v) is 7.89. The minimum atomic E-state index is -3.73. The van der Waals surface area contributed by atoms with Crippen molar-refractivity contribution in [3.05, 3.63) is 131 Å². The van der Waals surface area contributed by atoms with Crippen LogP contribution in [0.25, 0.3) is 0 Å². The van der Waals surface area contributed by atoms with Crippen molar-refractivity contribution in [2.45, 2.75) is 37.1 Å². The molecule has 1 aliphatic rings. The number of aromatic nitrogens is 1. The van der Waals surface area contributed by atoms with Crippen LogP contribution in [0, 0.1) is 6.92 Å². The van der Waals surface area contributed by atoms with Crippen molar-refractivity contribution in [3.63, 3.8) is 0 Å². The molecule has 5 rings (SSSR count). The lowest BCUT2D eigenvalue weighted by molar-refractivity contribution is 0.325. The summed E-state index contributed by atoms with van der Waals surface area (Å²) in [5, 5.41) is 3.56. The number of sulfonamides is 1. The molecule has 0 spiro atoms. The molecule has 0 bridgehead atoms. The fourth-order valence-electron chi connectivity index (χ4n) is 4.43. The highest BCUT2D eigenvalue weighted by atomic mass is 32.2. The van der Waals surface area contributed by atoms with Gasteiger partial charge in [0, 0.05) is 12.7 Å². The van der Waals surface area contributed by atoms with Crippen molar-refractivity contribution in [2.75, 3.05) is 0 Å². The summed E-state index contributed by atoms with van der Waals surface area (Å²) >= 11 is 0. The normalized spacial score (nSPS) is 17.5. The van der Waals surface area contributed by atoms with E-state index in [0.717, 1.165) is 16.7 Å². The van der Waals surface area contributed by atoms with Gasteiger partial charge in [0.25, 0.3) is 0 Å². The van der Waals surface area contributed by atoms with Crippen LogP contribution in [0.3, 0.4) is 0 Å². The maximum Gasteiger partial charge on any atom is 0.241 e. The van der Waals surface area contributed by atoms with Crippen LogP contribution in [-0.4, -0.2) is 13.4 Å². The van der Waals surface area contributed by atoms with Gasteiger partial charge < -0.3 is 0 Å². The van der Waals surface area contributed by atoms with E-state index in [9.17, 15) is 8.42 Å². The average Bonchev–Trinajstić information content (AvgIpc) is 2.92. The molecular formula is C28H29N5O2S. The van der Waals surface area contributed by atoms with Crippen LogP contribution < -0.4 is 20.9 Å². The van der Waals surface area contributed by atoms with Gasteiger partial charge in [0.2, 0.25) is 10.0 Å². The van der Waals surface area contributed by atoms with Crippen LogP contribution >= 0.6 is 0 Å². The molecule has 184 valence electrons. The van der Waals surface area contributed by atoms with Gasteiger partial charge in [-0.25, -0.2) is 24.0 Å². The number of nitrogens with one attached hydrogen (secondary N) is 4. The number of benzene rings is 3. The van der Waals surface area contributed by atoms with Gasteiger partial charge in [-0.3, -0.25) is 10.3 Å². The Balaban J connectivity index is 1.38. The Morgan fingerprint density at radius 3 is 2.36 bits per heavy atom. The van der Waals surface area contributed by atoms with E-state index in [1.165, 1.54) is 5.56 Å². The van der Waals surface area contributed by atoms with Crippen molar-refractivity contribution in [3.8, 4) is 0 Å². The second kappa shape index (κ2) is 10.7. The van der Waals surface area contributed by atoms with Gasteiger partial charge in [0.15, 0.2) is 0 Å². The van der Waals surface area contributed by atoms with E-state index in [0.29, 0.717) is 17.8 Å². The van der Waals surface area contributed by atoms with Crippen LogP contribution in [-0.2, 0) is 23.1 Å². The molecule has 0 fully saturated rings. The van der Waals surface area contributed by atoms with Crippen LogP contribution in [0.2, 0.25) is 0 Å². The Kier molecular flexibility index (Phi) is 7.22. The zero-order chi connectivity index (χ0) is 25.0. The molecule has 4 aromatic rings. The second-order valence-electron chi connectivity index (χ2n) is 8.82. The summed E-state index contributed by atoms with van der Waals surface area (Å²) in [6, 6.07) is 29.3. The van der Waals surface area contributed by atoms with Crippen molar-refractivity contribution < 1.29 is 8.42 Å². The quantitative estimate of drug-likeness (QED) is 0.294. The lowest BCUT2D eigenvalue weighted by Gasteiger charge is -2.34. The molecule has 0 radical (unpaired) electrons. The van der Waals surface area contributed by atoms with Gasteiger partial charge in [0.1, 0.15) is 0 Å². The molecule has 1 aliphatic heterocycles. The minimum absolute atomic E-state index is 0.0913. The van der Waals surface area contributed by atoms with Crippen molar-refractivity contribution in [2.24, 2.45) is 0 Å². The first-order chi connectivity index (χ1) is 17.5. The van der Waals surface area contributed by atoms with E-state index >= 15 is 0 Å². The number of aryl methyl sites for hydroxylation is 1. The monoisotopic (exact) mass is 499 g/mol. The number of hydrazine groups is 1. The molecule has 1 aromatic heterocycles. The van der Waals surface area contributed by atoms with Gasteiger partial charge >= 0.3 is 0 Å². The van der Waals surface area contributed by atoms with Crippen molar-refractivity contribution in [1.29, 1.82) is 0 Å².